The highest BCUT2D eigenvalue weighted by atomic mass is 16.6. The van der Waals surface area contributed by atoms with E-state index in [9.17, 15) is 9.59 Å². The maximum atomic E-state index is 11.9. The van der Waals surface area contributed by atoms with Gasteiger partial charge >= 0.3 is 11.9 Å². The van der Waals surface area contributed by atoms with Gasteiger partial charge in [-0.15, -0.1) is 0 Å². The Labute approximate surface area is 138 Å². The topological polar surface area (TPSA) is 78.1 Å². The second kappa shape index (κ2) is 6.54. The standard InChI is InChI=1S/C18H15NO5/c1-11(2)17(20)23-13-7-5-12(6-8-13)10-14-18(21)24-16(19-14)15-4-3-9-22-15/h3-11H,1-2H3/b14-10-. The quantitative estimate of drug-likeness (QED) is 0.490. The van der Waals surface area contributed by atoms with E-state index >= 15 is 0 Å². The van der Waals surface area contributed by atoms with E-state index in [2.05, 4.69) is 4.99 Å². The lowest BCUT2D eigenvalue weighted by atomic mass is 10.2. The fourth-order valence-electron chi connectivity index (χ4n) is 1.94. The molecule has 2 heterocycles. The van der Waals surface area contributed by atoms with Crippen molar-refractivity contribution < 1.29 is 23.5 Å². The Balaban J connectivity index is 1.76. The number of ether oxygens (including phenoxy) is 2. The van der Waals surface area contributed by atoms with Gasteiger partial charge in [0, 0.05) is 0 Å². The highest BCUT2D eigenvalue weighted by Gasteiger charge is 2.25. The van der Waals surface area contributed by atoms with Gasteiger partial charge in [-0.1, -0.05) is 26.0 Å². The molecule has 2 aromatic rings. The molecule has 3 rings (SSSR count). The smallest absolute Gasteiger partial charge is 0.363 e. The molecule has 0 amide bonds. The van der Waals surface area contributed by atoms with Crippen LogP contribution in [-0.4, -0.2) is 17.8 Å². The molecule has 6 nitrogen and oxygen atoms in total. The molecule has 0 saturated carbocycles. The minimum absolute atomic E-state index is 0.138. The highest BCUT2D eigenvalue weighted by molar-refractivity contribution is 6.11. The molecule has 0 bridgehead atoms. The number of benzene rings is 1. The lowest BCUT2D eigenvalue weighted by molar-refractivity contribution is -0.137. The van der Waals surface area contributed by atoms with Crippen molar-refractivity contribution in [1.82, 2.24) is 0 Å². The van der Waals surface area contributed by atoms with Gasteiger partial charge in [0.1, 0.15) is 5.75 Å². The van der Waals surface area contributed by atoms with Crippen LogP contribution in [-0.2, 0) is 14.3 Å². The summed E-state index contributed by atoms with van der Waals surface area (Å²) >= 11 is 0. The van der Waals surface area contributed by atoms with Crippen LogP contribution in [0.2, 0.25) is 0 Å². The van der Waals surface area contributed by atoms with Gasteiger partial charge < -0.3 is 13.9 Å². The predicted molar refractivity (Wildman–Crippen MR) is 86.2 cm³/mol. The maximum absolute atomic E-state index is 11.9. The molecule has 0 radical (unpaired) electrons. The van der Waals surface area contributed by atoms with Gasteiger partial charge in [-0.3, -0.25) is 4.79 Å². The van der Waals surface area contributed by atoms with E-state index in [1.807, 2.05) is 0 Å². The molecule has 0 N–H and O–H groups in total. The molecule has 24 heavy (non-hydrogen) atoms. The maximum Gasteiger partial charge on any atom is 0.363 e. The summed E-state index contributed by atoms with van der Waals surface area (Å²) in [7, 11) is 0. The zero-order valence-electron chi connectivity index (χ0n) is 13.2. The van der Waals surface area contributed by atoms with Crippen LogP contribution in [0.5, 0.6) is 5.75 Å². The number of furan rings is 1. The number of rotatable bonds is 4. The second-order valence-corrected chi connectivity index (χ2v) is 5.46. The Morgan fingerprint density at radius 1 is 1.21 bits per heavy atom. The summed E-state index contributed by atoms with van der Waals surface area (Å²) in [5.41, 5.74) is 0.907. The molecule has 1 aromatic heterocycles. The van der Waals surface area contributed by atoms with Crippen molar-refractivity contribution in [1.29, 1.82) is 0 Å². The van der Waals surface area contributed by atoms with Gasteiger partial charge in [0.25, 0.3) is 5.90 Å². The van der Waals surface area contributed by atoms with E-state index in [0.717, 1.165) is 5.56 Å². The summed E-state index contributed by atoms with van der Waals surface area (Å²) in [5, 5.41) is 0. The van der Waals surface area contributed by atoms with Crippen molar-refractivity contribution >= 4 is 23.9 Å². The van der Waals surface area contributed by atoms with Crippen LogP contribution in [0.3, 0.4) is 0 Å². The molecule has 1 aliphatic rings. The summed E-state index contributed by atoms with van der Waals surface area (Å²) in [6, 6.07) is 10.1. The van der Waals surface area contributed by atoms with Crippen LogP contribution < -0.4 is 4.74 Å². The molecular formula is C18H15NO5. The second-order valence-electron chi connectivity index (χ2n) is 5.46. The van der Waals surface area contributed by atoms with E-state index in [1.165, 1.54) is 6.26 Å². The molecule has 0 saturated heterocycles. The number of carbonyl (C=O) groups excluding carboxylic acids is 2. The normalized spacial score (nSPS) is 15.5. The Morgan fingerprint density at radius 3 is 2.58 bits per heavy atom. The first-order valence-electron chi connectivity index (χ1n) is 7.41. The van der Waals surface area contributed by atoms with E-state index < -0.39 is 5.97 Å². The molecule has 0 aliphatic carbocycles. The summed E-state index contributed by atoms with van der Waals surface area (Å²) in [4.78, 5) is 27.5. The number of nitrogens with zero attached hydrogens (tertiary/aromatic N) is 1. The molecule has 0 unspecified atom stereocenters. The fraction of sp³-hybridized carbons (Fsp3) is 0.167. The van der Waals surface area contributed by atoms with E-state index in [-0.39, 0.29) is 23.5 Å². The van der Waals surface area contributed by atoms with Crippen molar-refractivity contribution in [2.45, 2.75) is 13.8 Å². The molecule has 6 heteroatoms. The average molecular weight is 325 g/mol. The molecule has 0 spiro atoms. The number of carbonyl (C=O) groups is 2. The molecule has 1 aliphatic heterocycles. The van der Waals surface area contributed by atoms with E-state index in [1.54, 1.807) is 56.3 Å². The van der Waals surface area contributed by atoms with Gasteiger partial charge in [-0.25, -0.2) is 9.79 Å². The molecule has 1 aromatic carbocycles. The van der Waals surface area contributed by atoms with Crippen LogP contribution >= 0.6 is 0 Å². The predicted octanol–water partition coefficient (Wildman–Crippen LogP) is 3.19. The van der Waals surface area contributed by atoms with Crippen LogP contribution in [0.15, 0.2) is 57.8 Å². The molecule has 122 valence electrons. The molecular weight excluding hydrogens is 310 g/mol. The van der Waals surface area contributed by atoms with Crippen LogP contribution in [0, 0.1) is 5.92 Å². The Hall–Kier alpha value is -3.15. The minimum Gasteiger partial charge on any atom is -0.459 e. The van der Waals surface area contributed by atoms with Crippen LogP contribution in [0.25, 0.3) is 6.08 Å². The fourth-order valence-corrected chi connectivity index (χ4v) is 1.94. The number of hydrogen-bond donors (Lipinski definition) is 0. The first kappa shape index (κ1) is 15.7. The summed E-state index contributed by atoms with van der Waals surface area (Å²) < 4.78 is 15.4. The highest BCUT2D eigenvalue weighted by Crippen LogP contribution is 2.21. The van der Waals surface area contributed by atoms with Gasteiger partial charge in [0.05, 0.1) is 12.2 Å². The van der Waals surface area contributed by atoms with Gasteiger partial charge in [0.15, 0.2) is 11.5 Å². The largest absolute Gasteiger partial charge is 0.459 e. The SMILES string of the molecule is CC(C)C(=O)Oc1ccc(/C=C2\N=C(c3ccco3)OC2=O)cc1. The summed E-state index contributed by atoms with van der Waals surface area (Å²) in [5.74, 6) is -0.0645. The van der Waals surface area contributed by atoms with Crippen molar-refractivity contribution in [3.05, 3.63) is 59.7 Å². The zero-order valence-corrected chi connectivity index (χ0v) is 13.2. The third-order valence-electron chi connectivity index (χ3n) is 3.23. The lowest BCUT2D eigenvalue weighted by Gasteiger charge is -2.06. The Kier molecular flexibility index (Phi) is 4.29. The lowest BCUT2D eigenvalue weighted by Crippen LogP contribution is -2.14. The number of hydrogen-bond acceptors (Lipinski definition) is 6. The summed E-state index contributed by atoms with van der Waals surface area (Å²) in [6.45, 7) is 3.53. The van der Waals surface area contributed by atoms with Crippen LogP contribution in [0.4, 0.5) is 0 Å². The van der Waals surface area contributed by atoms with Crippen molar-refractivity contribution in [2.24, 2.45) is 10.9 Å². The van der Waals surface area contributed by atoms with Gasteiger partial charge in [-0.2, -0.15) is 0 Å². The monoisotopic (exact) mass is 325 g/mol. The third-order valence-corrected chi connectivity index (χ3v) is 3.23. The van der Waals surface area contributed by atoms with Crippen LogP contribution in [0.1, 0.15) is 25.2 Å². The number of cyclic esters (lactones) is 1. The first-order valence-corrected chi connectivity index (χ1v) is 7.41. The van der Waals surface area contributed by atoms with Crippen molar-refractivity contribution in [3.8, 4) is 5.75 Å². The average Bonchev–Trinajstić information content (AvgIpc) is 3.19. The minimum atomic E-state index is -0.545. The molecule has 0 fully saturated rings. The Bertz CT molecular complexity index is 814. The first-order chi connectivity index (χ1) is 11.5. The zero-order chi connectivity index (χ0) is 17.1. The molecule has 0 atom stereocenters. The van der Waals surface area contributed by atoms with Gasteiger partial charge in [-0.05, 0) is 35.9 Å². The summed E-state index contributed by atoms with van der Waals surface area (Å²) in [6.07, 6.45) is 3.07. The number of esters is 2. The van der Waals surface area contributed by atoms with Gasteiger partial charge in [0.2, 0.25) is 0 Å². The Morgan fingerprint density at radius 2 is 1.96 bits per heavy atom. The number of aliphatic imine (C=N–C) groups is 1. The van der Waals surface area contributed by atoms with E-state index in [4.69, 9.17) is 13.9 Å². The van der Waals surface area contributed by atoms with E-state index in [0.29, 0.717) is 11.5 Å². The third kappa shape index (κ3) is 3.43. The van der Waals surface area contributed by atoms with Crippen molar-refractivity contribution in [3.63, 3.8) is 0 Å². The van der Waals surface area contributed by atoms with Crippen molar-refractivity contribution in [2.75, 3.05) is 0 Å².